The van der Waals surface area contributed by atoms with Crippen molar-refractivity contribution in [2.24, 2.45) is 0 Å². The SMILES string of the molecule is C=CCOc1ccccc1C1C(C(=O)c2sc(C)nc2C)=C(O)C(=O)N1Cc1ccco1. The molecule has 0 radical (unpaired) electrons. The summed E-state index contributed by atoms with van der Waals surface area (Å²) >= 11 is 1.24. The lowest BCUT2D eigenvalue weighted by molar-refractivity contribution is -0.130. The Hall–Kier alpha value is -3.65. The van der Waals surface area contributed by atoms with Gasteiger partial charge in [0.25, 0.3) is 5.91 Å². The molecule has 1 amide bonds. The second-order valence-corrected chi connectivity index (χ2v) is 8.49. The second-order valence-electron chi connectivity index (χ2n) is 7.29. The monoisotopic (exact) mass is 450 g/mol. The summed E-state index contributed by atoms with van der Waals surface area (Å²) in [6, 6.07) is 9.73. The Balaban J connectivity index is 1.85. The molecule has 0 spiro atoms. The highest BCUT2D eigenvalue weighted by molar-refractivity contribution is 7.14. The molecule has 1 atom stereocenters. The molecule has 7 nitrogen and oxygen atoms in total. The predicted octanol–water partition coefficient (Wildman–Crippen LogP) is 4.70. The number of para-hydroxylation sites is 1. The van der Waals surface area contributed by atoms with Crippen molar-refractivity contribution in [3.05, 3.63) is 93.6 Å². The van der Waals surface area contributed by atoms with Crippen LogP contribution in [-0.4, -0.2) is 33.3 Å². The standard InChI is InChI=1S/C24H22N2O5S/c1-4-11-31-18-10-6-5-9-17(18)20-19(21(27)23-14(2)25-15(3)32-23)22(28)24(29)26(20)13-16-8-7-12-30-16/h4-10,12,20,28H,1,11,13H2,2-3H3. The number of rotatable bonds is 8. The van der Waals surface area contributed by atoms with Gasteiger partial charge >= 0.3 is 0 Å². The summed E-state index contributed by atoms with van der Waals surface area (Å²) in [4.78, 5) is 32.9. The molecule has 0 saturated heterocycles. The van der Waals surface area contributed by atoms with Crippen LogP contribution in [-0.2, 0) is 11.3 Å². The maximum absolute atomic E-state index is 13.6. The van der Waals surface area contributed by atoms with E-state index in [1.165, 1.54) is 22.5 Å². The third kappa shape index (κ3) is 3.85. The minimum atomic E-state index is -0.858. The average Bonchev–Trinajstić information content (AvgIpc) is 3.47. The summed E-state index contributed by atoms with van der Waals surface area (Å²) in [6.07, 6.45) is 3.12. The van der Waals surface area contributed by atoms with E-state index in [1.807, 2.05) is 6.92 Å². The van der Waals surface area contributed by atoms with Crippen LogP contribution in [0.25, 0.3) is 0 Å². The summed E-state index contributed by atoms with van der Waals surface area (Å²) < 4.78 is 11.2. The molecule has 32 heavy (non-hydrogen) atoms. The number of aliphatic hydroxyl groups is 1. The number of hydrogen-bond acceptors (Lipinski definition) is 7. The maximum Gasteiger partial charge on any atom is 0.290 e. The third-order valence-electron chi connectivity index (χ3n) is 5.13. The van der Waals surface area contributed by atoms with E-state index < -0.39 is 23.5 Å². The summed E-state index contributed by atoms with van der Waals surface area (Å²) in [5.41, 5.74) is 1.15. The van der Waals surface area contributed by atoms with E-state index in [9.17, 15) is 14.7 Å². The van der Waals surface area contributed by atoms with Crippen molar-refractivity contribution < 1.29 is 23.8 Å². The van der Waals surface area contributed by atoms with Crippen molar-refractivity contribution >= 4 is 23.0 Å². The first-order chi connectivity index (χ1) is 15.4. The lowest BCUT2D eigenvalue weighted by Gasteiger charge is -2.27. The van der Waals surface area contributed by atoms with Crippen molar-refractivity contribution in [2.45, 2.75) is 26.4 Å². The van der Waals surface area contributed by atoms with Gasteiger partial charge in [-0.3, -0.25) is 9.59 Å². The Morgan fingerprint density at radius 2 is 2.09 bits per heavy atom. The van der Waals surface area contributed by atoms with Gasteiger partial charge in [-0.15, -0.1) is 11.3 Å². The van der Waals surface area contributed by atoms with Gasteiger partial charge in [-0.25, -0.2) is 4.98 Å². The van der Waals surface area contributed by atoms with Gasteiger partial charge in [0, 0.05) is 5.56 Å². The molecular weight excluding hydrogens is 428 g/mol. The largest absolute Gasteiger partial charge is 0.503 e. The first-order valence-electron chi connectivity index (χ1n) is 10.00. The molecule has 1 aliphatic heterocycles. The Kier molecular flexibility index (Phi) is 5.96. The first-order valence-corrected chi connectivity index (χ1v) is 10.8. The Morgan fingerprint density at radius 1 is 1.31 bits per heavy atom. The minimum Gasteiger partial charge on any atom is -0.503 e. The molecule has 4 rings (SSSR count). The van der Waals surface area contributed by atoms with Crippen molar-refractivity contribution in [3.63, 3.8) is 0 Å². The van der Waals surface area contributed by atoms with Gasteiger partial charge in [0.05, 0.1) is 40.0 Å². The van der Waals surface area contributed by atoms with Gasteiger partial charge in [-0.05, 0) is 32.0 Å². The van der Waals surface area contributed by atoms with E-state index in [4.69, 9.17) is 9.15 Å². The smallest absolute Gasteiger partial charge is 0.290 e. The molecule has 1 unspecified atom stereocenters. The lowest BCUT2D eigenvalue weighted by atomic mass is 9.94. The normalized spacial score (nSPS) is 16.0. The predicted molar refractivity (Wildman–Crippen MR) is 120 cm³/mol. The number of amides is 1. The van der Waals surface area contributed by atoms with E-state index in [0.29, 0.717) is 27.6 Å². The highest BCUT2D eigenvalue weighted by atomic mass is 32.1. The van der Waals surface area contributed by atoms with Crippen LogP contribution in [0.2, 0.25) is 0 Å². The molecule has 164 valence electrons. The van der Waals surface area contributed by atoms with Crippen molar-refractivity contribution in [1.29, 1.82) is 0 Å². The Bertz CT molecular complexity index is 1210. The van der Waals surface area contributed by atoms with Gasteiger partial charge in [0.2, 0.25) is 5.78 Å². The summed E-state index contributed by atoms with van der Waals surface area (Å²) in [7, 11) is 0. The quantitative estimate of drug-likeness (QED) is 0.395. The van der Waals surface area contributed by atoms with Crippen molar-refractivity contribution in [2.75, 3.05) is 6.61 Å². The Morgan fingerprint density at radius 3 is 2.75 bits per heavy atom. The van der Waals surface area contributed by atoms with Crippen LogP contribution >= 0.6 is 11.3 Å². The number of carbonyl (C=O) groups excluding carboxylic acids is 2. The zero-order valence-electron chi connectivity index (χ0n) is 17.7. The fraction of sp³-hybridized carbons (Fsp3) is 0.208. The van der Waals surface area contributed by atoms with Crippen LogP contribution in [0.1, 0.15) is 37.7 Å². The van der Waals surface area contributed by atoms with Crippen LogP contribution in [0.3, 0.4) is 0 Å². The van der Waals surface area contributed by atoms with Gasteiger partial charge < -0.3 is 19.2 Å². The van der Waals surface area contributed by atoms with E-state index >= 15 is 0 Å². The zero-order chi connectivity index (χ0) is 22.8. The van der Waals surface area contributed by atoms with Crippen LogP contribution in [0, 0.1) is 13.8 Å². The van der Waals surface area contributed by atoms with Gasteiger partial charge in [0.15, 0.2) is 5.76 Å². The molecule has 1 aromatic carbocycles. The number of nitrogens with zero attached hydrogens (tertiary/aromatic N) is 2. The van der Waals surface area contributed by atoms with E-state index in [2.05, 4.69) is 11.6 Å². The molecule has 0 saturated carbocycles. The average molecular weight is 451 g/mol. The van der Waals surface area contributed by atoms with Gasteiger partial charge in [0.1, 0.15) is 18.1 Å². The molecule has 0 fully saturated rings. The number of ether oxygens (including phenoxy) is 1. The number of ketones is 1. The number of aryl methyl sites for hydroxylation is 2. The fourth-order valence-corrected chi connectivity index (χ4v) is 4.67. The zero-order valence-corrected chi connectivity index (χ0v) is 18.5. The Labute approximate surface area is 189 Å². The van der Waals surface area contributed by atoms with Crippen LogP contribution in [0.5, 0.6) is 5.75 Å². The highest BCUT2D eigenvalue weighted by Gasteiger charge is 2.45. The molecule has 8 heteroatoms. The molecule has 3 aromatic rings. The summed E-state index contributed by atoms with van der Waals surface area (Å²) in [5.74, 6) is -0.627. The first kappa shape index (κ1) is 21.6. The molecule has 1 aliphatic rings. The van der Waals surface area contributed by atoms with E-state index in [-0.39, 0.29) is 18.7 Å². The summed E-state index contributed by atoms with van der Waals surface area (Å²) in [6.45, 7) is 7.55. The number of aromatic nitrogens is 1. The third-order valence-corrected chi connectivity index (χ3v) is 6.21. The number of benzene rings is 1. The topological polar surface area (TPSA) is 92.9 Å². The molecule has 0 bridgehead atoms. The fourth-order valence-electron chi connectivity index (χ4n) is 3.79. The maximum atomic E-state index is 13.6. The van der Waals surface area contributed by atoms with Gasteiger partial charge in [-0.2, -0.15) is 0 Å². The van der Waals surface area contributed by atoms with Crippen LogP contribution in [0.4, 0.5) is 0 Å². The van der Waals surface area contributed by atoms with Crippen molar-refractivity contribution in [3.8, 4) is 5.75 Å². The summed E-state index contributed by atoms with van der Waals surface area (Å²) in [5, 5.41) is 11.6. The van der Waals surface area contributed by atoms with E-state index in [0.717, 1.165) is 5.01 Å². The molecule has 3 heterocycles. The highest BCUT2D eigenvalue weighted by Crippen LogP contribution is 2.43. The molecule has 1 N–H and O–H groups in total. The lowest BCUT2D eigenvalue weighted by Crippen LogP contribution is -2.30. The number of hydrogen-bond donors (Lipinski definition) is 1. The molecule has 0 aliphatic carbocycles. The minimum absolute atomic E-state index is 0.00274. The number of Topliss-reactive ketones (excluding diaryl/α,β-unsaturated/α-hetero) is 1. The van der Waals surface area contributed by atoms with Gasteiger partial charge in [-0.1, -0.05) is 30.9 Å². The number of furan rings is 1. The van der Waals surface area contributed by atoms with E-state index in [1.54, 1.807) is 49.4 Å². The number of thiazole rings is 1. The second kappa shape index (κ2) is 8.84. The van der Waals surface area contributed by atoms with Crippen LogP contribution in [0.15, 0.2) is 71.1 Å². The number of aliphatic hydroxyl groups excluding tert-OH is 1. The number of carbonyl (C=O) groups is 2. The van der Waals surface area contributed by atoms with Crippen molar-refractivity contribution in [1.82, 2.24) is 9.88 Å². The molecular formula is C24H22N2O5S. The molecule has 2 aromatic heterocycles. The van der Waals surface area contributed by atoms with Crippen LogP contribution < -0.4 is 4.74 Å².